The number of benzene rings is 1. The molecule has 0 saturated carbocycles. The zero-order chi connectivity index (χ0) is 21.7. The molecule has 2 N–H and O–H groups in total. The van der Waals surface area contributed by atoms with E-state index in [9.17, 15) is 19.5 Å². The quantitative estimate of drug-likeness (QED) is 0.360. The van der Waals surface area contributed by atoms with Crippen LogP contribution < -0.4 is 0 Å². The Labute approximate surface area is 172 Å². The molecule has 0 fully saturated rings. The van der Waals surface area contributed by atoms with Crippen LogP contribution in [-0.2, 0) is 14.3 Å². The zero-order valence-electron chi connectivity index (χ0n) is 16.2. The second kappa shape index (κ2) is 9.38. The lowest BCUT2D eigenvalue weighted by Gasteiger charge is -2.26. The second-order valence-electron chi connectivity index (χ2n) is 6.42. The van der Waals surface area contributed by atoms with Gasteiger partial charge in [0.1, 0.15) is 0 Å². The van der Waals surface area contributed by atoms with Gasteiger partial charge in [-0.15, -0.1) is 0 Å². The van der Waals surface area contributed by atoms with Crippen LogP contribution in [0, 0.1) is 0 Å². The summed E-state index contributed by atoms with van der Waals surface area (Å²) in [6.07, 6.45) is 1.32. The summed E-state index contributed by atoms with van der Waals surface area (Å²) < 4.78 is 15.1. The summed E-state index contributed by atoms with van der Waals surface area (Å²) in [5, 5.41) is 19.3. The number of carbonyl (C=O) groups excluding carboxylic acids is 3. The highest BCUT2D eigenvalue weighted by atomic mass is 16.5. The molecular weight excluding hydrogens is 394 g/mol. The van der Waals surface area contributed by atoms with E-state index in [1.807, 2.05) is 0 Å². The largest absolute Gasteiger partial charge is 0.503 e. The van der Waals surface area contributed by atoms with Crippen molar-refractivity contribution in [2.75, 3.05) is 33.5 Å². The van der Waals surface area contributed by atoms with Crippen LogP contribution in [0.1, 0.15) is 32.5 Å². The molecule has 9 heteroatoms. The molecule has 0 spiro atoms. The number of esters is 1. The summed E-state index contributed by atoms with van der Waals surface area (Å²) in [6.45, 7) is 0.0933. The number of Topliss-reactive ketones (excluding diaryl/α,β-unsaturated/α-hetero) is 1. The number of aliphatic hydroxyl groups is 2. The van der Waals surface area contributed by atoms with E-state index in [4.69, 9.17) is 14.3 Å². The number of carbonyl (C=O) groups is 3. The fourth-order valence-corrected chi connectivity index (χ4v) is 3.25. The van der Waals surface area contributed by atoms with Crippen LogP contribution in [-0.4, -0.2) is 66.2 Å². The fourth-order valence-electron chi connectivity index (χ4n) is 3.25. The first-order valence-electron chi connectivity index (χ1n) is 9.18. The van der Waals surface area contributed by atoms with Gasteiger partial charge >= 0.3 is 5.97 Å². The van der Waals surface area contributed by atoms with Gasteiger partial charge in [0.15, 0.2) is 11.5 Å². The van der Waals surface area contributed by atoms with Gasteiger partial charge in [0.05, 0.1) is 50.4 Å². The Morgan fingerprint density at radius 2 is 1.90 bits per heavy atom. The molecule has 2 heterocycles. The van der Waals surface area contributed by atoms with Crippen LogP contribution >= 0.6 is 0 Å². The maximum Gasteiger partial charge on any atom is 0.337 e. The minimum absolute atomic E-state index is 0.0149. The lowest BCUT2D eigenvalue weighted by atomic mass is 9.94. The van der Waals surface area contributed by atoms with Crippen LogP contribution in [0.5, 0.6) is 0 Å². The molecule has 1 aliphatic rings. The van der Waals surface area contributed by atoms with E-state index in [1.165, 1.54) is 42.5 Å². The number of methoxy groups -OCH3 is 1. The molecule has 1 atom stereocenters. The maximum absolute atomic E-state index is 13.0. The lowest BCUT2D eigenvalue weighted by molar-refractivity contribution is -0.130. The Morgan fingerprint density at radius 3 is 2.50 bits per heavy atom. The SMILES string of the molecule is COC(=O)c1ccc([C@H]2C(C(=O)c3ccco3)=C(O)C(=O)N2CCOCCO)cc1. The Kier molecular flexibility index (Phi) is 6.65. The van der Waals surface area contributed by atoms with E-state index in [-0.39, 0.29) is 37.7 Å². The second-order valence-corrected chi connectivity index (χ2v) is 6.42. The number of ketones is 1. The average molecular weight is 415 g/mol. The summed E-state index contributed by atoms with van der Waals surface area (Å²) in [6, 6.07) is 8.26. The third kappa shape index (κ3) is 4.12. The third-order valence-corrected chi connectivity index (χ3v) is 4.65. The minimum Gasteiger partial charge on any atom is -0.503 e. The number of amides is 1. The van der Waals surface area contributed by atoms with Crippen molar-refractivity contribution in [3.63, 3.8) is 0 Å². The van der Waals surface area contributed by atoms with Crippen LogP contribution in [0.15, 0.2) is 58.4 Å². The van der Waals surface area contributed by atoms with E-state index in [0.717, 1.165) is 0 Å². The van der Waals surface area contributed by atoms with Gasteiger partial charge in [-0.2, -0.15) is 0 Å². The van der Waals surface area contributed by atoms with Crippen molar-refractivity contribution in [3.05, 3.63) is 70.9 Å². The fraction of sp³-hybridized carbons (Fsp3) is 0.286. The van der Waals surface area contributed by atoms with Crippen molar-refractivity contribution in [2.24, 2.45) is 0 Å². The molecule has 1 aliphatic heterocycles. The predicted octanol–water partition coefficient (Wildman–Crippen LogP) is 1.65. The van der Waals surface area contributed by atoms with E-state index >= 15 is 0 Å². The molecule has 1 aromatic carbocycles. The zero-order valence-corrected chi connectivity index (χ0v) is 16.2. The summed E-state index contributed by atoms with van der Waals surface area (Å²) >= 11 is 0. The number of aliphatic hydroxyl groups excluding tert-OH is 2. The van der Waals surface area contributed by atoms with Crippen LogP contribution in [0.3, 0.4) is 0 Å². The Balaban J connectivity index is 1.97. The Morgan fingerprint density at radius 1 is 1.17 bits per heavy atom. The first-order chi connectivity index (χ1) is 14.5. The number of furan rings is 1. The number of ether oxygens (including phenoxy) is 2. The Bertz CT molecular complexity index is 946. The molecule has 2 aromatic rings. The van der Waals surface area contributed by atoms with Crippen LogP contribution in [0.4, 0.5) is 0 Å². The van der Waals surface area contributed by atoms with Crippen molar-refractivity contribution >= 4 is 17.7 Å². The topological polar surface area (TPSA) is 127 Å². The standard InChI is InChI=1S/C21H21NO8/c1-28-21(27)14-6-4-13(5-7-14)17-16(18(24)15-3-2-10-30-15)19(25)20(26)22(17)8-11-29-12-9-23/h2-7,10,17,23,25H,8-9,11-12H2,1H3/t17-/m0/s1. The van der Waals surface area contributed by atoms with Gasteiger partial charge in [0, 0.05) is 6.54 Å². The van der Waals surface area contributed by atoms with Crippen molar-refractivity contribution in [3.8, 4) is 0 Å². The highest BCUT2D eigenvalue weighted by Gasteiger charge is 2.44. The third-order valence-electron chi connectivity index (χ3n) is 4.65. The molecule has 0 radical (unpaired) electrons. The van der Waals surface area contributed by atoms with Crippen molar-refractivity contribution in [2.45, 2.75) is 6.04 Å². The summed E-state index contributed by atoms with van der Waals surface area (Å²) in [5.41, 5.74) is 0.690. The number of hydrogen-bond donors (Lipinski definition) is 2. The normalized spacial score (nSPS) is 16.3. The molecule has 3 rings (SSSR count). The highest BCUT2D eigenvalue weighted by Crippen LogP contribution is 2.38. The van der Waals surface area contributed by atoms with Gasteiger partial charge in [0.2, 0.25) is 5.78 Å². The van der Waals surface area contributed by atoms with E-state index in [2.05, 4.69) is 4.74 Å². The van der Waals surface area contributed by atoms with Gasteiger partial charge in [-0.1, -0.05) is 12.1 Å². The predicted molar refractivity (Wildman–Crippen MR) is 103 cm³/mol. The molecule has 9 nitrogen and oxygen atoms in total. The maximum atomic E-state index is 13.0. The molecule has 0 unspecified atom stereocenters. The number of rotatable bonds is 9. The molecule has 1 aromatic heterocycles. The van der Waals surface area contributed by atoms with Gasteiger partial charge in [0.25, 0.3) is 5.91 Å². The first-order valence-corrected chi connectivity index (χ1v) is 9.18. The monoisotopic (exact) mass is 415 g/mol. The van der Waals surface area contributed by atoms with Gasteiger partial charge in [-0.05, 0) is 29.8 Å². The average Bonchev–Trinajstić information content (AvgIpc) is 3.39. The smallest absolute Gasteiger partial charge is 0.337 e. The highest BCUT2D eigenvalue weighted by molar-refractivity contribution is 6.15. The molecule has 0 bridgehead atoms. The summed E-state index contributed by atoms with van der Waals surface area (Å²) in [4.78, 5) is 38.7. The first kappa shape index (κ1) is 21.3. The molecular formula is C21H21NO8. The molecule has 158 valence electrons. The number of hydrogen-bond acceptors (Lipinski definition) is 8. The number of nitrogens with zero attached hydrogens (tertiary/aromatic N) is 1. The van der Waals surface area contributed by atoms with Crippen LogP contribution in [0.25, 0.3) is 0 Å². The van der Waals surface area contributed by atoms with E-state index in [1.54, 1.807) is 12.1 Å². The minimum atomic E-state index is -0.903. The van der Waals surface area contributed by atoms with Crippen LogP contribution in [0.2, 0.25) is 0 Å². The molecule has 1 amide bonds. The lowest BCUT2D eigenvalue weighted by Crippen LogP contribution is -2.34. The van der Waals surface area contributed by atoms with E-state index in [0.29, 0.717) is 11.1 Å². The van der Waals surface area contributed by atoms with Gasteiger partial charge in [-0.3, -0.25) is 9.59 Å². The molecule has 0 saturated heterocycles. The molecule has 30 heavy (non-hydrogen) atoms. The Hall–Kier alpha value is -3.43. The van der Waals surface area contributed by atoms with Gasteiger partial charge in [-0.25, -0.2) is 4.79 Å². The van der Waals surface area contributed by atoms with Crippen molar-refractivity contribution in [1.82, 2.24) is 4.90 Å². The summed E-state index contributed by atoms with van der Waals surface area (Å²) in [7, 11) is 1.26. The van der Waals surface area contributed by atoms with E-state index < -0.39 is 29.5 Å². The summed E-state index contributed by atoms with van der Waals surface area (Å²) in [5.74, 6) is -2.55. The van der Waals surface area contributed by atoms with Crippen molar-refractivity contribution < 1.29 is 38.5 Å². The molecule has 0 aliphatic carbocycles. The van der Waals surface area contributed by atoms with Gasteiger partial charge < -0.3 is 29.0 Å². The van der Waals surface area contributed by atoms with Crippen molar-refractivity contribution in [1.29, 1.82) is 0 Å².